The Morgan fingerprint density at radius 1 is 0.867 bits per heavy atom. The van der Waals surface area contributed by atoms with Crippen molar-refractivity contribution >= 4 is 34.0 Å². The third-order valence-corrected chi connectivity index (χ3v) is 5.42. The lowest BCUT2D eigenvalue weighted by molar-refractivity contribution is -0.137. The number of hydrogen-bond acceptors (Lipinski definition) is 3. The van der Waals surface area contributed by atoms with Gasteiger partial charge in [0.2, 0.25) is 0 Å². The topological polar surface area (TPSA) is 40.5 Å². The van der Waals surface area contributed by atoms with Gasteiger partial charge in [0.1, 0.15) is 16.5 Å². The SMILES string of the molecule is Fc1cccc(CSc2[nH]c3ccccc3c2N=Nc2cccc(C(F)(F)F)c2)c1. The molecule has 152 valence electrons. The fourth-order valence-electron chi connectivity index (χ4n) is 2.94. The molecule has 4 aromatic rings. The van der Waals surface area contributed by atoms with Crippen LogP contribution in [0.3, 0.4) is 0 Å². The second-order valence-corrected chi connectivity index (χ2v) is 7.50. The van der Waals surface area contributed by atoms with Crippen LogP contribution in [0.4, 0.5) is 28.9 Å². The van der Waals surface area contributed by atoms with Crippen LogP contribution in [0, 0.1) is 5.82 Å². The molecule has 0 bridgehead atoms. The van der Waals surface area contributed by atoms with Gasteiger partial charge in [-0.25, -0.2) is 4.39 Å². The molecule has 0 unspecified atom stereocenters. The number of para-hydroxylation sites is 1. The molecule has 0 radical (unpaired) electrons. The minimum absolute atomic E-state index is 0.108. The van der Waals surface area contributed by atoms with E-state index in [-0.39, 0.29) is 11.5 Å². The van der Waals surface area contributed by atoms with Crippen LogP contribution in [-0.4, -0.2) is 4.98 Å². The number of thioether (sulfide) groups is 1. The van der Waals surface area contributed by atoms with Crippen molar-refractivity contribution in [1.82, 2.24) is 4.98 Å². The van der Waals surface area contributed by atoms with Gasteiger partial charge in [-0.3, -0.25) is 0 Å². The highest BCUT2D eigenvalue weighted by Gasteiger charge is 2.30. The van der Waals surface area contributed by atoms with E-state index in [2.05, 4.69) is 15.2 Å². The molecule has 1 aromatic heterocycles. The second-order valence-electron chi connectivity index (χ2n) is 6.51. The van der Waals surface area contributed by atoms with E-state index in [1.807, 2.05) is 30.3 Å². The second kappa shape index (κ2) is 8.31. The molecule has 0 amide bonds. The van der Waals surface area contributed by atoms with Crippen molar-refractivity contribution in [3.8, 4) is 0 Å². The first-order chi connectivity index (χ1) is 14.4. The van der Waals surface area contributed by atoms with E-state index in [0.717, 1.165) is 28.6 Å². The van der Waals surface area contributed by atoms with E-state index in [0.29, 0.717) is 16.5 Å². The van der Waals surface area contributed by atoms with E-state index < -0.39 is 11.7 Å². The third-order valence-electron chi connectivity index (χ3n) is 4.36. The van der Waals surface area contributed by atoms with Crippen molar-refractivity contribution in [3.05, 3.63) is 89.7 Å². The van der Waals surface area contributed by atoms with Crippen LogP contribution in [0.2, 0.25) is 0 Å². The van der Waals surface area contributed by atoms with Crippen molar-refractivity contribution in [2.24, 2.45) is 10.2 Å². The number of hydrogen-bond donors (Lipinski definition) is 1. The van der Waals surface area contributed by atoms with Crippen LogP contribution < -0.4 is 0 Å². The molecular formula is C22H15F4N3S. The first-order valence-corrected chi connectivity index (χ1v) is 9.96. The number of H-pyrrole nitrogens is 1. The molecular weight excluding hydrogens is 414 g/mol. The molecule has 0 atom stereocenters. The minimum atomic E-state index is -4.45. The molecule has 0 spiro atoms. The van der Waals surface area contributed by atoms with Crippen LogP contribution in [0.15, 0.2) is 88.1 Å². The smallest absolute Gasteiger partial charge is 0.348 e. The van der Waals surface area contributed by atoms with Gasteiger partial charge in [-0.05, 0) is 42.0 Å². The molecule has 0 saturated carbocycles. The van der Waals surface area contributed by atoms with Crippen molar-refractivity contribution in [1.29, 1.82) is 0 Å². The first-order valence-electron chi connectivity index (χ1n) is 8.97. The normalized spacial score (nSPS) is 12.1. The highest BCUT2D eigenvalue weighted by molar-refractivity contribution is 7.98. The largest absolute Gasteiger partial charge is 0.416 e. The molecule has 30 heavy (non-hydrogen) atoms. The Morgan fingerprint density at radius 3 is 2.47 bits per heavy atom. The molecule has 1 N–H and O–H groups in total. The number of aromatic amines is 1. The van der Waals surface area contributed by atoms with E-state index in [1.165, 1.54) is 36.0 Å². The van der Waals surface area contributed by atoms with Crippen LogP contribution >= 0.6 is 11.8 Å². The number of rotatable bonds is 5. The Kier molecular flexibility index (Phi) is 5.59. The van der Waals surface area contributed by atoms with Crippen molar-refractivity contribution < 1.29 is 17.6 Å². The number of aromatic nitrogens is 1. The average Bonchev–Trinajstić information content (AvgIpc) is 3.08. The molecule has 0 aliphatic heterocycles. The van der Waals surface area contributed by atoms with Gasteiger partial charge in [-0.2, -0.15) is 18.3 Å². The zero-order chi connectivity index (χ0) is 21.1. The maximum atomic E-state index is 13.4. The third kappa shape index (κ3) is 4.54. The fourth-order valence-corrected chi connectivity index (χ4v) is 3.90. The van der Waals surface area contributed by atoms with Crippen molar-refractivity contribution in [2.75, 3.05) is 0 Å². The number of alkyl halides is 3. The predicted octanol–water partition coefficient (Wildman–Crippen LogP) is 8.03. The van der Waals surface area contributed by atoms with Gasteiger partial charge in [0, 0.05) is 16.7 Å². The van der Waals surface area contributed by atoms with Crippen LogP contribution in [-0.2, 0) is 11.9 Å². The molecule has 0 saturated heterocycles. The maximum absolute atomic E-state index is 13.4. The summed E-state index contributed by atoms with van der Waals surface area (Å²) in [7, 11) is 0. The predicted molar refractivity (Wildman–Crippen MR) is 110 cm³/mol. The highest BCUT2D eigenvalue weighted by atomic mass is 32.2. The van der Waals surface area contributed by atoms with Crippen LogP contribution in [0.5, 0.6) is 0 Å². The lowest BCUT2D eigenvalue weighted by Gasteiger charge is -2.06. The minimum Gasteiger partial charge on any atom is -0.348 e. The first kappa shape index (κ1) is 20.2. The summed E-state index contributed by atoms with van der Waals surface area (Å²) < 4.78 is 52.2. The van der Waals surface area contributed by atoms with E-state index in [9.17, 15) is 17.6 Å². The summed E-state index contributed by atoms with van der Waals surface area (Å²) in [5.74, 6) is 0.186. The summed E-state index contributed by atoms with van der Waals surface area (Å²) in [6.07, 6.45) is -4.45. The quantitative estimate of drug-likeness (QED) is 0.195. The average molecular weight is 429 g/mol. The summed E-state index contributed by atoms with van der Waals surface area (Å²) in [6, 6.07) is 18.5. The Morgan fingerprint density at radius 2 is 1.67 bits per heavy atom. The number of benzene rings is 3. The standard InChI is InChI=1S/C22H15F4N3S/c23-16-7-3-5-14(11-16)13-30-21-20(18-9-1-2-10-19(18)27-21)29-28-17-8-4-6-15(12-17)22(24,25)26/h1-12,27H,13H2. The van der Waals surface area contributed by atoms with Gasteiger partial charge in [-0.15, -0.1) is 16.9 Å². The maximum Gasteiger partial charge on any atom is 0.416 e. The Balaban J connectivity index is 1.66. The monoisotopic (exact) mass is 429 g/mol. The molecule has 8 heteroatoms. The lowest BCUT2D eigenvalue weighted by atomic mass is 10.2. The summed E-state index contributed by atoms with van der Waals surface area (Å²) >= 11 is 1.42. The number of nitrogens with one attached hydrogen (secondary N) is 1. The van der Waals surface area contributed by atoms with Crippen LogP contribution in [0.1, 0.15) is 11.1 Å². The van der Waals surface area contributed by atoms with E-state index in [4.69, 9.17) is 0 Å². The van der Waals surface area contributed by atoms with Gasteiger partial charge >= 0.3 is 6.18 Å². The summed E-state index contributed by atoms with van der Waals surface area (Å²) in [4.78, 5) is 3.26. The Hall–Kier alpha value is -3.13. The summed E-state index contributed by atoms with van der Waals surface area (Å²) in [6.45, 7) is 0. The number of azo groups is 1. The van der Waals surface area contributed by atoms with Crippen molar-refractivity contribution in [2.45, 2.75) is 17.0 Å². The molecule has 1 heterocycles. The number of nitrogens with zero attached hydrogens (tertiary/aromatic N) is 2. The summed E-state index contributed by atoms with van der Waals surface area (Å²) in [5.41, 5.74) is 1.50. The van der Waals surface area contributed by atoms with E-state index in [1.54, 1.807) is 6.07 Å². The van der Waals surface area contributed by atoms with Gasteiger partial charge in [-0.1, -0.05) is 36.4 Å². The highest BCUT2D eigenvalue weighted by Crippen LogP contribution is 2.39. The zero-order valence-electron chi connectivity index (χ0n) is 15.4. The van der Waals surface area contributed by atoms with Crippen LogP contribution in [0.25, 0.3) is 10.9 Å². The van der Waals surface area contributed by atoms with Gasteiger partial charge in [0.15, 0.2) is 0 Å². The molecule has 3 aromatic carbocycles. The number of halogens is 4. The molecule has 4 rings (SSSR count). The van der Waals surface area contributed by atoms with Gasteiger partial charge < -0.3 is 4.98 Å². The fraction of sp³-hybridized carbons (Fsp3) is 0.0909. The molecule has 3 nitrogen and oxygen atoms in total. The molecule has 0 aliphatic carbocycles. The number of fused-ring (bicyclic) bond motifs is 1. The Bertz CT molecular complexity index is 1210. The summed E-state index contributed by atoms with van der Waals surface area (Å²) in [5, 5.41) is 9.79. The van der Waals surface area contributed by atoms with Crippen molar-refractivity contribution in [3.63, 3.8) is 0 Å². The Labute approximate surface area is 173 Å². The lowest BCUT2D eigenvalue weighted by Crippen LogP contribution is -2.03. The van der Waals surface area contributed by atoms with Gasteiger partial charge in [0.05, 0.1) is 11.3 Å². The molecule has 0 fully saturated rings. The van der Waals surface area contributed by atoms with E-state index >= 15 is 0 Å². The zero-order valence-corrected chi connectivity index (χ0v) is 16.3. The van der Waals surface area contributed by atoms with Gasteiger partial charge in [0.25, 0.3) is 0 Å². The molecule has 0 aliphatic rings.